The first-order valence-electron chi connectivity index (χ1n) is 10.7. The van der Waals surface area contributed by atoms with E-state index < -0.39 is 6.04 Å². The number of benzene rings is 1. The number of likely N-dealkylation sites (N-methyl/N-ethyl adjacent to an activating group) is 2. The summed E-state index contributed by atoms with van der Waals surface area (Å²) in [6, 6.07) is 7.42. The summed E-state index contributed by atoms with van der Waals surface area (Å²) in [7, 11) is 0. The number of hydrogen-bond acceptors (Lipinski definition) is 4. The van der Waals surface area contributed by atoms with Gasteiger partial charge in [0.05, 0.1) is 18.2 Å². The third kappa shape index (κ3) is 5.18. The third-order valence-corrected chi connectivity index (χ3v) is 5.45. The summed E-state index contributed by atoms with van der Waals surface area (Å²) in [6.07, 6.45) is 0. The first-order valence-corrected chi connectivity index (χ1v) is 10.7. The fourth-order valence-corrected chi connectivity index (χ4v) is 3.64. The van der Waals surface area contributed by atoms with Crippen molar-refractivity contribution < 1.29 is 14.3 Å². The summed E-state index contributed by atoms with van der Waals surface area (Å²) in [5, 5.41) is 3.02. The fraction of sp³-hybridized carbons (Fsp3) is 0.565. The molecule has 0 saturated heterocycles. The number of rotatable bonds is 9. The van der Waals surface area contributed by atoms with E-state index in [9.17, 15) is 9.59 Å². The first-order chi connectivity index (χ1) is 13.9. The number of nitrogens with zero attached hydrogens (tertiary/aromatic N) is 2. The van der Waals surface area contributed by atoms with Crippen molar-refractivity contribution in [1.29, 1.82) is 0 Å². The molecule has 160 valence electrons. The molecular formula is C23H35N3O3. The molecule has 0 saturated carbocycles. The van der Waals surface area contributed by atoms with Crippen molar-refractivity contribution in [3.63, 3.8) is 0 Å². The number of carbonyl (C=O) groups excluding carboxylic acids is 2. The average molecular weight is 402 g/mol. The van der Waals surface area contributed by atoms with E-state index in [0.717, 1.165) is 24.4 Å². The lowest BCUT2D eigenvalue weighted by Gasteiger charge is -2.38. The summed E-state index contributed by atoms with van der Waals surface area (Å²) in [5.41, 5.74) is 3.36. The van der Waals surface area contributed by atoms with Crippen LogP contribution in [0.25, 0.3) is 0 Å². The Labute approximate surface area is 174 Å². The van der Waals surface area contributed by atoms with Crippen LogP contribution in [0.5, 0.6) is 0 Å². The standard InChI is InChI=1S/C23H35N3O3/c1-7-25(8-2)15-19-20(22(27)29-10-4)21(24-23(28)26(19)9-3)18-13-11-17(12-14-18)16(5)6/h11-14,16,21H,7-10,15H2,1-6H3,(H,24,28). The third-order valence-electron chi connectivity index (χ3n) is 5.45. The molecular weight excluding hydrogens is 366 g/mol. The molecule has 1 unspecified atom stereocenters. The van der Waals surface area contributed by atoms with Crippen LogP contribution in [-0.2, 0) is 9.53 Å². The number of urea groups is 1. The van der Waals surface area contributed by atoms with Crippen molar-refractivity contribution in [2.45, 2.75) is 53.5 Å². The van der Waals surface area contributed by atoms with Crippen LogP contribution >= 0.6 is 0 Å². The van der Waals surface area contributed by atoms with Crippen molar-refractivity contribution in [2.24, 2.45) is 0 Å². The molecule has 1 aromatic carbocycles. The van der Waals surface area contributed by atoms with Gasteiger partial charge in [0, 0.05) is 18.8 Å². The zero-order valence-corrected chi connectivity index (χ0v) is 18.6. The Morgan fingerprint density at radius 2 is 1.76 bits per heavy atom. The Bertz CT molecular complexity index is 736. The van der Waals surface area contributed by atoms with Gasteiger partial charge in [-0.1, -0.05) is 52.0 Å². The van der Waals surface area contributed by atoms with E-state index in [2.05, 4.69) is 50.0 Å². The highest BCUT2D eigenvalue weighted by atomic mass is 16.5. The summed E-state index contributed by atoms with van der Waals surface area (Å²) in [6.45, 7) is 15.1. The Morgan fingerprint density at radius 3 is 2.24 bits per heavy atom. The van der Waals surface area contributed by atoms with Crippen LogP contribution in [0.1, 0.15) is 64.6 Å². The quantitative estimate of drug-likeness (QED) is 0.634. The van der Waals surface area contributed by atoms with Crippen molar-refractivity contribution in [2.75, 3.05) is 32.8 Å². The Hall–Kier alpha value is -2.34. The van der Waals surface area contributed by atoms with Crippen molar-refractivity contribution >= 4 is 12.0 Å². The van der Waals surface area contributed by atoms with E-state index in [0.29, 0.717) is 31.2 Å². The monoisotopic (exact) mass is 401 g/mol. The molecule has 6 heteroatoms. The number of hydrogen-bond donors (Lipinski definition) is 1. The Balaban J connectivity index is 2.60. The molecule has 2 rings (SSSR count). The van der Waals surface area contributed by atoms with Gasteiger partial charge in [-0.25, -0.2) is 9.59 Å². The molecule has 0 aliphatic carbocycles. The smallest absolute Gasteiger partial charge is 0.338 e. The molecule has 1 aliphatic heterocycles. The second-order valence-corrected chi connectivity index (χ2v) is 7.49. The van der Waals surface area contributed by atoms with Gasteiger partial charge in [-0.2, -0.15) is 0 Å². The van der Waals surface area contributed by atoms with Gasteiger partial charge in [0.2, 0.25) is 0 Å². The van der Waals surface area contributed by atoms with Crippen molar-refractivity contribution in [3.05, 3.63) is 46.7 Å². The van der Waals surface area contributed by atoms with Gasteiger partial charge in [-0.05, 0) is 44.0 Å². The number of nitrogens with one attached hydrogen (secondary N) is 1. The number of amides is 2. The highest BCUT2D eigenvalue weighted by Crippen LogP contribution is 2.32. The SMILES string of the molecule is CCOC(=O)C1=C(CN(CC)CC)N(CC)C(=O)NC1c1ccc(C(C)C)cc1. The van der Waals surface area contributed by atoms with Gasteiger partial charge in [0.1, 0.15) is 0 Å². The number of ether oxygens (including phenoxy) is 1. The molecule has 0 bridgehead atoms. The molecule has 29 heavy (non-hydrogen) atoms. The molecule has 1 aromatic rings. The highest BCUT2D eigenvalue weighted by Gasteiger charge is 2.38. The lowest BCUT2D eigenvalue weighted by atomic mass is 9.92. The maximum atomic E-state index is 13.0. The van der Waals surface area contributed by atoms with E-state index >= 15 is 0 Å². The Morgan fingerprint density at radius 1 is 1.14 bits per heavy atom. The first kappa shape index (κ1) is 22.9. The van der Waals surface area contributed by atoms with Gasteiger partial charge in [-0.15, -0.1) is 0 Å². The summed E-state index contributed by atoms with van der Waals surface area (Å²) in [4.78, 5) is 29.8. The second-order valence-electron chi connectivity index (χ2n) is 7.49. The molecule has 0 radical (unpaired) electrons. The molecule has 2 amide bonds. The van der Waals surface area contributed by atoms with Crippen LogP contribution < -0.4 is 5.32 Å². The molecule has 1 aliphatic rings. The molecule has 1 N–H and O–H groups in total. The van der Waals surface area contributed by atoms with E-state index in [-0.39, 0.29) is 12.0 Å². The normalized spacial score (nSPS) is 17.2. The molecule has 6 nitrogen and oxygen atoms in total. The highest BCUT2D eigenvalue weighted by molar-refractivity contribution is 5.95. The molecule has 0 aromatic heterocycles. The van der Waals surface area contributed by atoms with Gasteiger partial charge in [0.25, 0.3) is 0 Å². The average Bonchev–Trinajstić information content (AvgIpc) is 2.71. The molecule has 1 atom stereocenters. The van der Waals surface area contributed by atoms with Gasteiger partial charge >= 0.3 is 12.0 Å². The number of esters is 1. The minimum atomic E-state index is -0.517. The topological polar surface area (TPSA) is 61.9 Å². The van der Waals surface area contributed by atoms with Gasteiger partial charge < -0.3 is 10.1 Å². The molecule has 0 fully saturated rings. The lowest BCUT2D eigenvalue weighted by molar-refractivity contribution is -0.139. The predicted octanol–water partition coefficient (Wildman–Crippen LogP) is 4.06. The van der Waals surface area contributed by atoms with Gasteiger partial charge in [-0.3, -0.25) is 9.80 Å². The number of carbonyl (C=O) groups is 2. The van der Waals surface area contributed by atoms with Gasteiger partial charge in [0.15, 0.2) is 0 Å². The maximum absolute atomic E-state index is 13.0. The summed E-state index contributed by atoms with van der Waals surface area (Å²) in [5.74, 6) is 0.0462. The zero-order chi connectivity index (χ0) is 21.6. The van der Waals surface area contributed by atoms with Crippen molar-refractivity contribution in [3.8, 4) is 0 Å². The van der Waals surface area contributed by atoms with E-state index in [4.69, 9.17) is 4.74 Å². The van der Waals surface area contributed by atoms with Crippen LogP contribution in [0, 0.1) is 0 Å². The largest absolute Gasteiger partial charge is 0.463 e. The minimum Gasteiger partial charge on any atom is -0.463 e. The maximum Gasteiger partial charge on any atom is 0.338 e. The summed E-state index contributed by atoms with van der Waals surface area (Å²) >= 11 is 0. The van der Waals surface area contributed by atoms with E-state index in [1.54, 1.807) is 11.8 Å². The fourth-order valence-electron chi connectivity index (χ4n) is 3.64. The van der Waals surface area contributed by atoms with E-state index in [1.165, 1.54) is 5.56 Å². The molecule has 1 heterocycles. The lowest BCUT2D eigenvalue weighted by Crippen LogP contribution is -2.50. The van der Waals surface area contributed by atoms with Crippen LogP contribution in [-0.4, -0.2) is 54.6 Å². The summed E-state index contributed by atoms with van der Waals surface area (Å²) < 4.78 is 5.41. The minimum absolute atomic E-state index is 0.180. The Kier molecular flexibility index (Phi) is 8.26. The second kappa shape index (κ2) is 10.4. The predicted molar refractivity (Wildman–Crippen MR) is 116 cm³/mol. The van der Waals surface area contributed by atoms with Crippen LogP contribution in [0.3, 0.4) is 0 Å². The van der Waals surface area contributed by atoms with Crippen LogP contribution in [0.2, 0.25) is 0 Å². The van der Waals surface area contributed by atoms with E-state index in [1.807, 2.05) is 19.1 Å². The van der Waals surface area contributed by atoms with Crippen LogP contribution in [0.4, 0.5) is 4.79 Å². The zero-order valence-electron chi connectivity index (χ0n) is 18.6. The molecule has 0 spiro atoms. The van der Waals surface area contributed by atoms with Crippen molar-refractivity contribution in [1.82, 2.24) is 15.1 Å². The van der Waals surface area contributed by atoms with Crippen LogP contribution in [0.15, 0.2) is 35.5 Å².